The van der Waals surface area contributed by atoms with Crippen molar-refractivity contribution < 1.29 is 0 Å². The Balaban J connectivity index is 2.89. The van der Waals surface area contributed by atoms with E-state index in [9.17, 15) is 0 Å². The van der Waals surface area contributed by atoms with Crippen molar-refractivity contribution in [2.24, 2.45) is 0 Å². The molecule has 0 aliphatic carbocycles. The van der Waals surface area contributed by atoms with Crippen molar-refractivity contribution in [3.05, 3.63) is 34.4 Å². The van der Waals surface area contributed by atoms with Crippen LogP contribution in [0.25, 0.3) is 10.9 Å². The lowest BCUT2D eigenvalue weighted by molar-refractivity contribution is 1.42. The molecule has 0 atom stereocenters. The lowest BCUT2D eigenvalue weighted by Crippen LogP contribution is -2.03. The number of hydrogen-bond acceptors (Lipinski definition) is 1. The van der Waals surface area contributed by atoms with Gasteiger partial charge < -0.3 is 0 Å². The number of hydrogen-bond donors (Lipinski definition) is 0. The van der Waals surface area contributed by atoms with Gasteiger partial charge in [0.1, 0.15) is 7.85 Å². The second-order valence-electron chi connectivity index (χ2n) is 2.91. The molecule has 1 heterocycles. The molecule has 1 aromatic carbocycles. The Kier molecular flexibility index (Phi) is 2.18. The highest BCUT2D eigenvalue weighted by Gasteiger charge is 2.02. The minimum absolute atomic E-state index is 0.687. The summed E-state index contributed by atoms with van der Waals surface area (Å²) in [6, 6.07) is 5.54. The Bertz CT molecular complexity index is 470. The standard InChI is InChI=1S/C9H6BCl2N/c10-6-4-9-5(3-8(6)12)7(11)1-2-13-9/h1-4H,10H2. The molecule has 64 valence electrons. The fourth-order valence-electron chi connectivity index (χ4n) is 1.24. The second-order valence-corrected chi connectivity index (χ2v) is 3.73. The molecule has 0 aliphatic rings. The van der Waals surface area contributed by atoms with Crippen LogP contribution in [0.2, 0.25) is 10.0 Å². The average molecular weight is 210 g/mol. The largest absolute Gasteiger partial charge is 0.256 e. The van der Waals surface area contributed by atoms with Crippen LogP contribution in [0.1, 0.15) is 0 Å². The molecule has 0 aliphatic heterocycles. The van der Waals surface area contributed by atoms with Gasteiger partial charge >= 0.3 is 0 Å². The lowest BCUT2D eigenvalue weighted by atomic mass is 9.95. The molecule has 2 aromatic rings. The summed E-state index contributed by atoms with van der Waals surface area (Å²) in [5, 5.41) is 2.31. The summed E-state index contributed by atoms with van der Waals surface area (Å²) in [6.07, 6.45) is 1.69. The van der Waals surface area contributed by atoms with Crippen LogP contribution in [-0.2, 0) is 0 Å². The third-order valence-electron chi connectivity index (χ3n) is 1.97. The zero-order chi connectivity index (χ0) is 9.42. The summed E-state index contributed by atoms with van der Waals surface area (Å²) >= 11 is 12.0. The molecule has 1 aromatic heterocycles. The van der Waals surface area contributed by atoms with Gasteiger partial charge in [0.2, 0.25) is 0 Å². The van der Waals surface area contributed by atoms with E-state index >= 15 is 0 Å². The van der Waals surface area contributed by atoms with E-state index in [1.165, 1.54) is 0 Å². The van der Waals surface area contributed by atoms with Crippen molar-refractivity contribution in [1.82, 2.24) is 4.98 Å². The number of aromatic nitrogens is 1. The minimum atomic E-state index is 0.687. The molecule has 0 bridgehead atoms. The summed E-state index contributed by atoms with van der Waals surface area (Å²) in [6.45, 7) is 0. The van der Waals surface area contributed by atoms with Crippen LogP contribution in [0, 0.1) is 0 Å². The molecule has 0 N–H and O–H groups in total. The zero-order valence-electron chi connectivity index (χ0n) is 7.01. The molecule has 0 saturated carbocycles. The lowest BCUT2D eigenvalue weighted by Gasteiger charge is -2.02. The average Bonchev–Trinajstić information content (AvgIpc) is 2.09. The van der Waals surface area contributed by atoms with Gasteiger partial charge in [0.05, 0.1) is 10.5 Å². The van der Waals surface area contributed by atoms with Crippen LogP contribution >= 0.6 is 23.2 Å². The van der Waals surface area contributed by atoms with Crippen molar-refractivity contribution in [1.29, 1.82) is 0 Å². The maximum absolute atomic E-state index is 5.98. The summed E-state index contributed by atoms with van der Waals surface area (Å²) in [5.74, 6) is 0. The van der Waals surface area contributed by atoms with Gasteiger partial charge in [-0.15, -0.1) is 0 Å². The number of pyridine rings is 1. The Morgan fingerprint density at radius 1 is 1.15 bits per heavy atom. The van der Waals surface area contributed by atoms with Gasteiger partial charge in [0, 0.05) is 16.6 Å². The number of halogens is 2. The predicted molar refractivity (Wildman–Crippen MR) is 59.9 cm³/mol. The van der Waals surface area contributed by atoms with Crippen LogP contribution < -0.4 is 5.46 Å². The highest BCUT2D eigenvalue weighted by molar-refractivity contribution is 6.46. The first-order chi connectivity index (χ1) is 6.18. The Hall–Kier alpha value is -0.725. The second kappa shape index (κ2) is 3.20. The zero-order valence-corrected chi connectivity index (χ0v) is 8.52. The van der Waals surface area contributed by atoms with E-state index in [0.29, 0.717) is 5.02 Å². The van der Waals surface area contributed by atoms with Gasteiger partial charge in [-0.2, -0.15) is 0 Å². The van der Waals surface area contributed by atoms with Gasteiger partial charge in [-0.1, -0.05) is 28.7 Å². The molecule has 1 nitrogen and oxygen atoms in total. The Morgan fingerprint density at radius 2 is 1.92 bits per heavy atom. The summed E-state index contributed by atoms with van der Waals surface area (Å²) in [4.78, 5) is 4.20. The fraction of sp³-hybridized carbons (Fsp3) is 0. The monoisotopic (exact) mass is 209 g/mol. The first kappa shape index (κ1) is 8.85. The van der Waals surface area contributed by atoms with E-state index in [1.54, 1.807) is 12.3 Å². The minimum Gasteiger partial charge on any atom is -0.256 e. The van der Waals surface area contributed by atoms with Gasteiger partial charge in [-0.3, -0.25) is 4.98 Å². The molecule has 0 spiro atoms. The molecule has 0 saturated heterocycles. The third-order valence-corrected chi connectivity index (χ3v) is 2.71. The van der Waals surface area contributed by atoms with Gasteiger partial charge in [0.15, 0.2) is 0 Å². The molecular formula is C9H6BCl2N. The van der Waals surface area contributed by atoms with E-state index in [4.69, 9.17) is 23.2 Å². The molecule has 2 rings (SSSR count). The SMILES string of the molecule is Bc1cc2nccc(Cl)c2cc1Cl. The Labute approximate surface area is 87.1 Å². The van der Waals surface area contributed by atoms with Crippen LogP contribution in [0.15, 0.2) is 24.4 Å². The number of fused-ring (bicyclic) bond motifs is 1. The van der Waals surface area contributed by atoms with E-state index < -0.39 is 0 Å². The molecule has 0 amide bonds. The van der Waals surface area contributed by atoms with Crippen molar-refractivity contribution >= 4 is 47.4 Å². The topological polar surface area (TPSA) is 12.9 Å². The smallest absolute Gasteiger partial charge is 0.141 e. The molecule has 0 fully saturated rings. The summed E-state index contributed by atoms with van der Waals surface area (Å²) in [7, 11) is 1.95. The summed E-state index contributed by atoms with van der Waals surface area (Å²) < 4.78 is 0. The van der Waals surface area contributed by atoms with Crippen molar-refractivity contribution in [2.45, 2.75) is 0 Å². The normalized spacial score (nSPS) is 10.6. The molecule has 0 unspecified atom stereocenters. The molecule has 13 heavy (non-hydrogen) atoms. The van der Waals surface area contributed by atoms with Gasteiger partial charge in [-0.25, -0.2) is 0 Å². The maximum atomic E-state index is 5.98. The predicted octanol–water partition coefficient (Wildman–Crippen LogP) is 1.80. The molecule has 0 radical (unpaired) electrons. The van der Waals surface area contributed by atoms with Crippen molar-refractivity contribution in [3.63, 3.8) is 0 Å². The number of nitrogens with zero attached hydrogens (tertiary/aromatic N) is 1. The van der Waals surface area contributed by atoms with Crippen molar-refractivity contribution in [3.8, 4) is 0 Å². The number of rotatable bonds is 0. The van der Waals surface area contributed by atoms with Crippen LogP contribution in [0.3, 0.4) is 0 Å². The molecule has 4 heteroatoms. The number of benzene rings is 1. The summed E-state index contributed by atoms with van der Waals surface area (Å²) in [5.41, 5.74) is 1.90. The van der Waals surface area contributed by atoms with Gasteiger partial charge in [-0.05, 0) is 18.2 Å². The molecular weight excluding hydrogens is 204 g/mol. The first-order valence-electron chi connectivity index (χ1n) is 3.89. The van der Waals surface area contributed by atoms with Crippen LogP contribution in [-0.4, -0.2) is 12.8 Å². The first-order valence-corrected chi connectivity index (χ1v) is 4.64. The fourth-order valence-corrected chi connectivity index (χ4v) is 1.61. The highest BCUT2D eigenvalue weighted by Crippen LogP contribution is 2.22. The van der Waals surface area contributed by atoms with Gasteiger partial charge in [0.25, 0.3) is 0 Å². The highest BCUT2D eigenvalue weighted by atomic mass is 35.5. The van der Waals surface area contributed by atoms with E-state index in [1.807, 2.05) is 20.0 Å². The van der Waals surface area contributed by atoms with Crippen LogP contribution in [0.5, 0.6) is 0 Å². The maximum Gasteiger partial charge on any atom is 0.141 e. The van der Waals surface area contributed by atoms with E-state index in [-0.39, 0.29) is 0 Å². The van der Waals surface area contributed by atoms with E-state index in [2.05, 4.69) is 4.98 Å². The van der Waals surface area contributed by atoms with E-state index in [0.717, 1.165) is 21.4 Å². The van der Waals surface area contributed by atoms with Crippen LogP contribution in [0.4, 0.5) is 0 Å². The Morgan fingerprint density at radius 3 is 2.69 bits per heavy atom. The van der Waals surface area contributed by atoms with Crippen molar-refractivity contribution in [2.75, 3.05) is 0 Å². The third kappa shape index (κ3) is 1.52. The quantitative estimate of drug-likeness (QED) is 0.604.